The van der Waals surface area contributed by atoms with Crippen molar-refractivity contribution in [2.45, 2.75) is 24.4 Å². The second kappa shape index (κ2) is 9.98. The van der Waals surface area contributed by atoms with Crippen molar-refractivity contribution >= 4 is 57.7 Å². The van der Waals surface area contributed by atoms with Crippen molar-refractivity contribution < 1.29 is 44.4 Å². The van der Waals surface area contributed by atoms with Gasteiger partial charge in [0, 0.05) is 16.7 Å². The SMILES string of the molecule is CC1=C(C(=O)O)N2C(=O)[C@@H](NC(=O)C(=NOC(C(=O)O)c3ccc(O)c(O)c3)c3csc(N)n3)[C@H]2SC1. The molecule has 2 amide bonds. The van der Waals surface area contributed by atoms with Crippen molar-refractivity contribution in [3.05, 3.63) is 46.1 Å². The maximum absolute atomic E-state index is 13.1. The minimum atomic E-state index is -1.79. The van der Waals surface area contributed by atoms with Gasteiger partial charge in [0.1, 0.15) is 22.8 Å². The van der Waals surface area contributed by atoms with Gasteiger partial charge in [0.05, 0.1) is 0 Å². The smallest absolute Gasteiger partial charge is 0.352 e. The molecule has 0 aliphatic carbocycles. The van der Waals surface area contributed by atoms with Crippen LogP contribution in [-0.4, -0.2) is 76.9 Å². The molecule has 16 heteroatoms. The fourth-order valence-electron chi connectivity index (χ4n) is 3.64. The van der Waals surface area contributed by atoms with E-state index in [0.717, 1.165) is 28.4 Å². The first-order chi connectivity index (χ1) is 17.5. The summed E-state index contributed by atoms with van der Waals surface area (Å²) in [4.78, 5) is 59.5. The molecule has 0 bridgehead atoms. The molecular weight excluding hydrogens is 530 g/mol. The first kappa shape index (κ1) is 25.8. The zero-order chi connectivity index (χ0) is 27.0. The molecule has 3 heterocycles. The summed E-state index contributed by atoms with van der Waals surface area (Å²) in [5, 5.41) is 45.2. The third-order valence-electron chi connectivity index (χ3n) is 5.40. The number of hydrogen-bond donors (Lipinski definition) is 6. The molecule has 0 radical (unpaired) electrons. The molecule has 2 aliphatic heterocycles. The molecule has 194 valence electrons. The van der Waals surface area contributed by atoms with Gasteiger partial charge in [0.2, 0.25) is 6.10 Å². The number of rotatable bonds is 8. The number of nitrogen functional groups attached to an aromatic ring is 1. The number of aromatic hydroxyl groups is 2. The Labute approximate surface area is 216 Å². The van der Waals surface area contributed by atoms with Crippen LogP contribution in [0.2, 0.25) is 0 Å². The number of carbonyl (C=O) groups is 4. The molecule has 0 saturated carbocycles. The number of thiazole rings is 1. The van der Waals surface area contributed by atoms with Crippen LogP contribution < -0.4 is 11.1 Å². The van der Waals surface area contributed by atoms with E-state index in [2.05, 4.69) is 15.5 Å². The lowest BCUT2D eigenvalue weighted by atomic mass is 10.0. The Morgan fingerprint density at radius 3 is 2.59 bits per heavy atom. The summed E-state index contributed by atoms with van der Waals surface area (Å²) in [7, 11) is 0. The number of amides is 2. The average Bonchev–Trinajstić information content (AvgIpc) is 3.27. The van der Waals surface area contributed by atoms with Crippen molar-refractivity contribution in [1.82, 2.24) is 15.2 Å². The Hall–Kier alpha value is -4.31. The van der Waals surface area contributed by atoms with E-state index < -0.39 is 58.5 Å². The van der Waals surface area contributed by atoms with E-state index >= 15 is 0 Å². The minimum Gasteiger partial charge on any atom is -0.504 e. The van der Waals surface area contributed by atoms with Crippen LogP contribution in [0.15, 0.2) is 40.0 Å². The predicted molar refractivity (Wildman–Crippen MR) is 130 cm³/mol. The molecule has 1 fully saturated rings. The van der Waals surface area contributed by atoms with E-state index in [1.807, 2.05) is 0 Å². The molecule has 2 aromatic rings. The van der Waals surface area contributed by atoms with Crippen LogP contribution in [0.25, 0.3) is 0 Å². The number of phenols is 2. The van der Waals surface area contributed by atoms with Crippen molar-refractivity contribution in [3.8, 4) is 11.5 Å². The number of β-lactam (4-membered cyclic amide) rings is 1. The molecule has 1 aromatic carbocycles. The number of carbonyl (C=O) groups excluding carboxylic acids is 2. The summed E-state index contributed by atoms with van der Waals surface area (Å²) in [6, 6.07) is 2.12. The van der Waals surface area contributed by atoms with Crippen LogP contribution in [0.4, 0.5) is 5.13 Å². The van der Waals surface area contributed by atoms with E-state index in [4.69, 9.17) is 10.6 Å². The van der Waals surface area contributed by atoms with Crippen LogP contribution in [0, 0.1) is 0 Å². The van der Waals surface area contributed by atoms with Crippen LogP contribution in [-0.2, 0) is 24.0 Å². The summed E-state index contributed by atoms with van der Waals surface area (Å²) < 4.78 is 0. The summed E-state index contributed by atoms with van der Waals surface area (Å²) >= 11 is 2.25. The highest BCUT2D eigenvalue weighted by Gasteiger charge is 2.54. The topological polar surface area (TPSA) is 225 Å². The second-order valence-corrected chi connectivity index (χ2v) is 9.87. The fraction of sp³-hybridized carbons (Fsp3) is 0.238. The van der Waals surface area contributed by atoms with Crippen LogP contribution >= 0.6 is 23.1 Å². The molecule has 1 aromatic heterocycles. The molecule has 1 unspecified atom stereocenters. The van der Waals surface area contributed by atoms with E-state index in [0.29, 0.717) is 11.3 Å². The first-order valence-electron chi connectivity index (χ1n) is 10.4. The number of nitrogens with two attached hydrogens (primary N) is 1. The summed E-state index contributed by atoms with van der Waals surface area (Å²) in [6.07, 6.45) is -1.79. The largest absolute Gasteiger partial charge is 0.504 e. The number of phenolic OH excluding ortho intramolecular Hbond substituents is 2. The quantitative estimate of drug-likeness (QED) is 0.114. The number of benzene rings is 1. The Balaban J connectivity index is 1.59. The molecule has 7 N–H and O–H groups in total. The Morgan fingerprint density at radius 2 is 2.00 bits per heavy atom. The van der Waals surface area contributed by atoms with Gasteiger partial charge in [0.15, 0.2) is 22.3 Å². The standard InChI is InChI=1S/C21H19N5O9S2/c1-7-5-36-18-13(17(30)26(18)14(7)19(31)32)24-16(29)12(9-6-37-21(22)23-9)25-35-15(20(33)34)8-2-3-10(27)11(28)4-8/h2-4,6,13,15,18,27-28H,5H2,1H3,(H2,22,23)(H,24,29)(H,31,32)(H,33,34)/t13-,15?,18-/m1/s1. The number of hydrogen-bond acceptors (Lipinski definition) is 12. The van der Waals surface area contributed by atoms with E-state index in [9.17, 15) is 39.6 Å². The van der Waals surface area contributed by atoms with Crippen molar-refractivity contribution in [2.75, 3.05) is 11.5 Å². The van der Waals surface area contributed by atoms with Gasteiger partial charge in [-0.1, -0.05) is 11.2 Å². The van der Waals surface area contributed by atoms with E-state index in [1.165, 1.54) is 23.2 Å². The molecule has 37 heavy (non-hydrogen) atoms. The number of thioether (sulfide) groups is 1. The first-order valence-corrected chi connectivity index (χ1v) is 12.3. The van der Waals surface area contributed by atoms with E-state index in [-0.39, 0.29) is 22.1 Å². The number of aliphatic carboxylic acids is 2. The van der Waals surface area contributed by atoms with Gasteiger partial charge in [-0.25, -0.2) is 14.6 Å². The van der Waals surface area contributed by atoms with Gasteiger partial charge >= 0.3 is 11.9 Å². The highest BCUT2D eigenvalue weighted by molar-refractivity contribution is 8.00. The van der Waals surface area contributed by atoms with Crippen molar-refractivity contribution in [1.29, 1.82) is 0 Å². The van der Waals surface area contributed by atoms with Gasteiger partial charge in [0.25, 0.3) is 11.8 Å². The van der Waals surface area contributed by atoms with Crippen molar-refractivity contribution in [2.24, 2.45) is 5.16 Å². The second-order valence-electron chi connectivity index (χ2n) is 7.88. The third kappa shape index (κ3) is 4.88. The predicted octanol–water partition coefficient (Wildman–Crippen LogP) is 0.442. The van der Waals surface area contributed by atoms with Gasteiger partial charge in [-0.05, 0) is 24.6 Å². The Kier molecular flexibility index (Phi) is 6.95. The average molecular weight is 550 g/mol. The van der Waals surface area contributed by atoms with Gasteiger partial charge in [-0.15, -0.1) is 23.1 Å². The molecule has 1 saturated heterocycles. The highest BCUT2D eigenvalue weighted by atomic mass is 32.2. The summed E-state index contributed by atoms with van der Waals surface area (Å²) in [5.41, 5.74) is 5.41. The van der Waals surface area contributed by atoms with Crippen LogP contribution in [0.1, 0.15) is 24.3 Å². The highest BCUT2D eigenvalue weighted by Crippen LogP contribution is 2.40. The number of oxime groups is 1. The third-order valence-corrected chi connectivity index (χ3v) is 7.50. The fourth-order valence-corrected chi connectivity index (χ4v) is 5.48. The van der Waals surface area contributed by atoms with E-state index in [1.54, 1.807) is 6.92 Å². The number of carboxylic acid groups (broad SMARTS) is 2. The Morgan fingerprint density at radius 1 is 1.27 bits per heavy atom. The zero-order valence-corrected chi connectivity index (χ0v) is 20.4. The molecule has 4 rings (SSSR count). The molecule has 0 spiro atoms. The lowest BCUT2D eigenvalue weighted by Crippen LogP contribution is -2.71. The normalized spacial score (nSPS) is 20.1. The number of anilines is 1. The monoisotopic (exact) mass is 549 g/mol. The van der Waals surface area contributed by atoms with Crippen molar-refractivity contribution in [3.63, 3.8) is 0 Å². The molecule has 14 nitrogen and oxygen atoms in total. The lowest BCUT2D eigenvalue weighted by Gasteiger charge is -2.49. The van der Waals surface area contributed by atoms with Gasteiger partial charge in [-0.2, -0.15) is 0 Å². The number of aromatic nitrogens is 1. The minimum absolute atomic E-state index is 0.0559. The summed E-state index contributed by atoms with van der Waals surface area (Å²) in [6.45, 7) is 1.60. The number of nitrogens with one attached hydrogen (secondary N) is 1. The maximum atomic E-state index is 13.1. The Bertz CT molecular complexity index is 1370. The zero-order valence-electron chi connectivity index (χ0n) is 18.8. The van der Waals surface area contributed by atoms with Gasteiger partial charge in [-0.3, -0.25) is 14.5 Å². The molecule has 3 atom stereocenters. The van der Waals surface area contributed by atoms with Gasteiger partial charge < -0.3 is 36.3 Å². The lowest BCUT2D eigenvalue weighted by molar-refractivity contribution is -0.151. The summed E-state index contributed by atoms with van der Waals surface area (Å²) in [5.74, 6) is -5.08. The van der Waals surface area contributed by atoms with Crippen LogP contribution in [0.3, 0.4) is 0 Å². The molecule has 2 aliphatic rings. The number of nitrogens with zero attached hydrogens (tertiary/aromatic N) is 3. The maximum Gasteiger partial charge on any atom is 0.352 e. The molecular formula is C21H19N5O9S2. The van der Waals surface area contributed by atoms with Crippen LogP contribution in [0.5, 0.6) is 11.5 Å². The number of carboxylic acids is 2. The number of fused-ring (bicyclic) bond motifs is 1.